The molecule has 0 aliphatic carbocycles. The summed E-state index contributed by atoms with van der Waals surface area (Å²) in [6.45, 7) is 6.25. The van der Waals surface area contributed by atoms with Crippen LogP contribution in [0.3, 0.4) is 0 Å². The third-order valence-corrected chi connectivity index (χ3v) is 5.05. The van der Waals surface area contributed by atoms with Crippen LogP contribution < -0.4 is 19.5 Å². The fourth-order valence-electron chi connectivity index (χ4n) is 3.58. The van der Waals surface area contributed by atoms with E-state index >= 15 is 0 Å². The molecule has 1 aliphatic heterocycles. The first kappa shape index (κ1) is 25.7. The number of hydrogen-bond donors (Lipinski definition) is 1. The topological polar surface area (TPSA) is 89.8 Å². The summed E-state index contributed by atoms with van der Waals surface area (Å²) in [7, 11) is 1.56. The molecule has 0 amide bonds. The molecule has 1 N–H and O–H groups in total. The predicted molar refractivity (Wildman–Crippen MR) is 136 cm³/mol. The monoisotopic (exact) mass is 476 g/mol. The van der Waals surface area contributed by atoms with Crippen molar-refractivity contribution in [3.63, 3.8) is 0 Å². The first-order valence-electron chi connectivity index (χ1n) is 11.6. The fourth-order valence-corrected chi connectivity index (χ4v) is 3.58. The molecule has 35 heavy (non-hydrogen) atoms. The second-order valence-corrected chi connectivity index (χ2v) is 9.03. The van der Waals surface area contributed by atoms with E-state index in [2.05, 4.69) is 11.4 Å². The molecule has 2 aromatic rings. The second kappa shape index (κ2) is 12.0. The second-order valence-electron chi connectivity index (χ2n) is 9.03. The molecule has 184 valence electrons. The van der Waals surface area contributed by atoms with E-state index in [1.54, 1.807) is 13.3 Å². The van der Waals surface area contributed by atoms with Crippen molar-refractivity contribution in [3.05, 3.63) is 65.4 Å². The Kier molecular flexibility index (Phi) is 8.80. The quantitative estimate of drug-likeness (QED) is 0.269. The number of para-hydroxylation sites is 1. The SMILES string of the molecule is COc1c(OCCCC(=O)OC(C)(C)C)cc(C/C(C#N)=C/Nc2ccccc2)c2c1OCC=C2. The fraction of sp³-hybridized carbons (Fsp3) is 0.357. The van der Waals surface area contributed by atoms with Crippen molar-refractivity contribution in [3.8, 4) is 23.3 Å². The molecule has 3 rings (SSSR count). The smallest absolute Gasteiger partial charge is 0.306 e. The van der Waals surface area contributed by atoms with Crippen molar-refractivity contribution in [1.82, 2.24) is 0 Å². The maximum atomic E-state index is 12.0. The maximum Gasteiger partial charge on any atom is 0.306 e. The normalized spacial score (nSPS) is 12.7. The van der Waals surface area contributed by atoms with Crippen LogP contribution in [-0.2, 0) is 16.0 Å². The summed E-state index contributed by atoms with van der Waals surface area (Å²) in [4.78, 5) is 12.0. The van der Waals surface area contributed by atoms with E-state index in [4.69, 9.17) is 18.9 Å². The molecule has 0 aromatic heterocycles. The van der Waals surface area contributed by atoms with Gasteiger partial charge >= 0.3 is 5.97 Å². The Hall–Kier alpha value is -3.92. The van der Waals surface area contributed by atoms with Gasteiger partial charge in [0, 0.05) is 35.9 Å². The average molecular weight is 477 g/mol. The Morgan fingerprint density at radius 1 is 1.26 bits per heavy atom. The highest BCUT2D eigenvalue weighted by atomic mass is 16.6. The Morgan fingerprint density at radius 2 is 2.03 bits per heavy atom. The van der Waals surface area contributed by atoms with E-state index in [-0.39, 0.29) is 12.4 Å². The van der Waals surface area contributed by atoms with Crippen LogP contribution >= 0.6 is 0 Å². The largest absolute Gasteiger partial charge is 0.490 e. The minimum atomic E-state index is -0.513. The summed E-state index contributed by atoms with van der Waals surface area (Å²) >= 11 is 0. The van der Waals surface area contributed by atoms with Crippen LogP contribution in [0.5, 0.6) is 17.2 Å². The summed E-state index contributed by atoms with van der Waals surface area (Å²) in [5, 5.41) is 12.9. The van der Waals surface area contributed by atoms with Gasteiger partial charge in [-0.2, -0.15) is 5.26 Å². The molecule has 0 spiro atoms. The van der Waals surface area contributed by atoms with Crippen molar-refractivity contribution >= 4 is 17.7 Å². The highest BCUT2D eigenvalue weighted by molar-refractivity contribution is 5.72. The van der Waals surface area contributed by atoms with Crippen molar-refractivity contribution < 1.29 is 23.7 Å². The van der Waals surface area contributed by atoms with Crippen molar-refractivity contribution in [2.45, 2.75) is 45.6 Å². The number of benzene rings is 2. The number of carbonyl (C=O) groups excluding carboxylic acids is 1. The van der Waals surface area contributed by atoms with Gasteiger partial charge in [-0.3, -0.25) is 4.79 Å². The minimum absolute atomic E-state index is 0.253. The predicted octanol–water partition coefficient (Wildman–Crippen LogP) is 5.66. The average Bonchev–Trinajstić information content (AvgIpc) is 2.84. The number of nitrogens with one attached hydrogen (secondary N) is 1. The maximum absolute atomic E-state index is 12.0. The Labute approximate surface area is 207 Å². The van der Waals surface area contributed by atoms with E-state index < -0.39 is 5.60 Å². The van der Waals surface area contributed by atoms with Gasteiger partial charge in [0.25, 0.3) is 0 Å². The molecular formula is C28H32N2O5. The number of fused-ring (bicyclic) bond motifs is 1. The van der Waals surface area contributed by atoms with Crippen molar-refractivity contribution in [2.75, 3.05) is 25.6 Å². The standard InChI is InChI=1S/C28H32N2O5/c1-28(2,3)35-25(31)13-9-14-33-24-17-21(23-12-8-15-34-26(23)27(24)32-4)16-20(18-29)19-30-22-10-6-5-7-11-22/h5-8,10-12,17,19,30H,9,13-16H2,1-4H3/b20-19-. The van der Waals surface area contributed by atoms with Crippen molar-refractivity contribution in [2.24, 2.45) is 0 Å². The Bertz CT molecular complexity index is 1120. The van der Waals surface area contributed by atoms with Crippen LogP contribution in [0.2, 0.25) is 0 Å². The summed E-state index contributed by atoms with van der Waals surface area (Å²) in [6.07, 6.45) is 6.73. The number of carbonyl (C=O) groups is 1. The summed E-state index contributed by atoms with van der Waals surface area (Å²) in [5.41, 5.74) is 2.67. The number of methoxy groups -OCH3 is 1. The number of rotatable bonds is 10. The zero-order valence-electron chi connectivity index (χ0n) is 20.7. The molecule has 0 atom stereocenters. The molecule has 0 unspecified atom stereocenters. The number of hydrogen-bond acceptors (Lipinski definition) is 7. The van der Waals surface area contributed by atoms with E-state index in [0.717, 1.165) is 16.8 Å². The number of nitrogens with zero attached hydrogens (tertiary/aromatic N) is 1. The lowest BCUT2D eigenvalue weighted by Gasteiger charge is -2.22. The highest BCUT2D eigenvalue weighted by Crippen LogP contribution is 2.44. The van der Waals surface area contributed by atoms with Gasteiger partial charge in [-0.05, 0) is 57.0 Å². The van der Waals surface area contributed by atoms with E-state index in [0.29, 0.717) is 48.9 Å². The van der Waals surface area contributed by atoms with Crippen molar-refractivity contribution in [1.29, 1.82) is 5.26 Å². The summed E-state index contributed by atoms with van der Waals surface area (Å²) in [6, 6.07) is 13.8. The molecule has 7 nitrogen and oxygen atoms in total. The lowest BCUT2D eigenvalue weighted by Crippen LogP contribution is -2.24. The Morgan fingerprint density at radius 3 is 2.71 bits per heavy atom. The molecule has 1 heterocycles. The first-order chi connectivity index (χ1) is 16.8. The van der Waals surface area contributed by atoms with Gasteiger partial charge in [0.15, 0.2) is 11.5 Å². The van der Waals surface area contributed by atoms with Gasteiger partial charge < -0.3 is 24.3 Å². The molecular weight excluding hydrogens is 444 g/mol. The molecule has 0 fully saturated rings. The number of ether oxygens (including phenoxy) is 4. The van der Waals surface area contributed by atoms with E-state index in [1.807, 2.05) is 69.3 Å². The van der Waals surface area contributed by atoms with Crippen LogP contribution in [0.4, 0.5) is 5.69 Å². The molecule has 7 heteroatoms. The number of nitriles is 1. The number of allylic oxidation sites excluding steroid dienone is 1. The third-order valence-electron chi connectivity index (χ3n) is 5.05. The lowest BCUT2D eigenvalue weighted by atomic mass is 9.97. The van der Waals surface area contributed by atoms with E-state index in [9.17, 15) is 10.1 Å². The summed E-state index contributed by atoms with van der Waals surface area (Å²) < 4.78 is 22.9. The van der Waals surface area contributed by atoms with Gasteiger partial charge in [0.05, 0.1) is 19.8 Å². The zero-order chi connectivity index (χ0) is 25.3. The lowest BCUT2D eigenvalue weighted by molar-refractivity contribution is -0.155. The van der Waals surface area contributed by atoms with Crippen LogP contribution in [0.25, 0.3) is 6.08 Å². The zero-order valence-corrected chi connectivity index (χ0v) is 20.7. The van der Waals surface area contributed by atoms with Gasteiger partial charge in [-0.15, -0.1) is 0 Å². The number of esters is 1. The molecule has 0 saturated carbocycles. The van der Waals surface area contributed by atoms with Gasteiger partial charge in [-0.25, -0.2) is 0 Å². The molecule has 2 aromatic carbocycles. The summed E-state index contributed by atoms with van der Waals surface area (Å²) in [5.74, 6) is 1.33. The van der Waals surface area contributed by atoms with Crippen LogP contribution in [0.1, 0.15) is 44.7 Å². The van der Waals surface area contributed by atoms with Crippen LogP contribution in [-0.4, -0.2) is 31.9 Å². The molecule has 0 radical (unpaired) electrons. The van der Waals surface area contributed by atoms with Gasteiger partial charge in [-0.1, -0.05) is 24.3 Å². The van der Waals surface area contributed by atoms with E-state index in [1.165, 1.54) is 0 Å². The van der Waals surface area contributed by atoms with Gasteiger partial charge in [0.2, 0.25) is 5.75 Å². The third kappa shape index (κ3) is 7.54. The van der Waals surface area contributed by atoms with Gasteiger partial charge in [0.1, 0.15) is 12.2 Å². The first-order valence-corrected chi connectivity index (χ1v) is 11.6. The minimum Gasteiger partial charge on any atom is -0.490 e. The highest BCUT2D eigenvalue weighted by Gasteiger charge is 2.23. The Balaban J connectivity index is 1.77. The molecule has 0 bridgehead atoms. The van der Waals surface area contributed by atoms with Crippen LogP contribution in [0.15, 0.2) is 54.2 Å². The van der Waals surface area contributed by atoms with Crippen LogP contribution in [0, 0.1) is 11.3 Å². The molecule has 1 aliphatic rings. The molecule has 0 saturated heterocycles. The number of anilines is 1.